The van der Waals surface area contributed by atoms with Gasteiger partial charge in [0.1, 0.15) is 5.83 Å². The molecule has 2 N–H and O–H groups in total. The Kier molecular flexibility index (Phi) is 12.1. The summed E-state index contributed by atoms with van der Waals surface area (Å²) in [5, 5.41) is 32.9. The van der Waals surface area contributed by atoms with E-state index in [0.717, 1.165) is 0 Å². The minimum Gasteiger partial charge on any atom is -0.457 e. The Morgan fingerprint density at radius 2 is 1.65 bits per heavy atom. The van der Waals surface area contributed by atoms with Crippen LogP contribution in [0.15, 0.2) is 23.6 Å². The molecule has 8 atom stereocenters. The van der Waals surface area contributed by atoms with E-state index in [0.29, 0.717) is 0 Å². The standard InChI is InChI=1S/C33H43F2N3O14/c1-19-14-21-22-16-24(34)23-15-20(39)8-10-30(23,2)32(22,35)25(40)17-31(21,3)33(19,52-29(44)7-5-13-51-38(47)48)26(41)18-49-28(43)9-11-36-27(42)6-4-12-50-37(45)46/h8,10,19,21-22,25,40H,4-7,9,11-18H2,1-3H3,(H,36,42)/t19-,21?,22?,25+,30+,31+,32+,33+/m1/s1. The van der Waals surface area contributed by atoms with Gasteiger partial charge >= 0.3 is 11.9 Å². The molecule has 0 aromatic carbocycles. The third kappa shape index (κ3) is 7.36. The largest absolute Gasteiger partial charge is 0.457 e. The van der Waals surface area contributed by atoms with Gasteiger partial charge in [-0.15, -0.1) is 20.2 Å². The summed E-state index contributed by atoms with van der Waals surface area (Å²) in [5.41, 5.74) is -7.86. The van der Waals surface area contributed by atoms with Crippen molar-refractivity contribution in [3.63, 3.8) is 0 Å². The third-order valence-electron chi connectivity index (χ3n) is 11.4. The number of esters is 2. The second-order valence-electron chi connectivity index (χ2n) is 14.2. The maximum atomic E-state index is 17.7. The molecule has 0 aromatic rings. The van der Waals surface area contributed by atoms with Crippen molar-refractivity contribution < 1.29 is 67.2 Å². The van der Waals surface area contributed by atoms with Gasteiger partial charge in [-0.25, -0.2) is 8.78 Å². The maximum Gasteiger partial charge on any atom is 0.308 e. The van der Waals surface area contributed by atoms with Crippen molar-refractivity contribution >= 4 is 29.4 Å². The molecule has 2 saturated carbocycles. The molecule has 0 spiro atoms. The monoisotopic (exact) mass is 743 g/mol. The number of nitrogens with zero attached hydrogens (tertiary/aromatic N) is 2. The normalized spacial score (nSPS) is 33.2. The lowest BCUT2D eigenvalue weighted by Gasteiger charge is -2.62. The van der Waals surface area contributed by atoms with E-state index in [4.69, 9.17) is 9.47 Å². The van der Waals surface area contributed by atoms with E-state index < -0.39 is 124 Å². The number of fused-ring (bicyclic) bond motifs is 5. The first kappa shape index (κ1) is 40.2. The molecule has 0 radical (unpaired) electrons. The molecule has 4 rings (SSSR count). The Bertz CT molecular complexity index is 1550. The average molecular weight is 744 g/mol. The lowest BCUT2D eigenvalue weighted by Crippen LogP contribution is -2.70. The van der Waals surface area contributed by atoms with Crippen molar-refractivity contribution in [2.24, 2.45) is 28.6 Å². The summed E-state index contributed by atoms with van der Waals surface area (Å²) >= 11 is 0. The fourth-order valence-electron chi connectivity index (χ4n) is 9.04. The van der Waals surface area contributed by atoms with Crippen LogP contribution in [0.3, 0.4) is 0 Å². The summed E-state index contributed by atoms with van der Waals surface area (Å²) in [7, 11) is 0. The summed E-state index contributed by atoms with van der Waals surface area (Å²) in [6, 6.07) is 0. The number of rotatable bonds is 17. The first-order chi connectivity index (χ1) is 24.3. The predicted octanol–water partition coefficient (Wildman–Crippen LogP) is 2.78. The summed E-state index contributed by atoms with van der Waals surface area (Å²) < 4.78 is 44.8. The number of aliphatic hydroxyl groups excluding tert-OH is 1. The van der Waals surface area contributed by atoms with Gasteiger partial charge in [-0.1, -0.05) is 19.9 Å². The van der Waals surface area contributed by atoms with E-state index in [9.17, 15) is 49.3 Å². The van der Waals surface area contributed by atoms with Crippen LogP contribution in [-0.4, -0.2) is 88.4 Å². The van der Waals surface area contributed by atoms with E-state index in [1.54, 1.807) is 13.8 Å². The van der Waals surface area contributed by atoms with Crippen molar-refractivity contribution in [3.05, 3.63) is 43.8 Å². The quantitative estimate of drug-likeness (QED) is 0.0943. The Labute approximate surface area is 296 Å². The molecule has 52 heavy (non-hydrogen) atoms. The van der Waals surface area contributed by atoms with Crippen molar-refractivity contribution in [2.45, 2.75) is 95.9 Å². The smallest absolute Gasteiger partial charge is 0.308 e. The summed E-state index contributed by atoms with van der Waals surface area (Å²) in [5.74, 6) is -7.34. The van der Waals surface area contributed by atoms with Crippen LogP contribution in [0.1, 0.15) is 78.6 Å². The second-order valence-corrected chi connectivity index (χ2v) is 14.2. The van der Waals surface area contributed by atoms with Crippen LogP contribution in [0.25, 0.3) is 0 Å². The number of ether oxygens (including phenoxy) is 2. The summed E-state index contributed by atoms with van der Waals surface area (Å²) in [6.07, 6.45) is -1.64. The fraction of sp³-hybridized carbons (Fsp3) is 0.727. The molecule has 4 aliphatic carbocycles. The molecule has 0 saturated heterocycles. The number of hydrogen-bond donors (Lipinski definition) is 2. The van der Waals surface area contributed by atoms with Gasteiger partial charge in [-0.3, -0.25) is 24.0 Å². The average Bonchev–Trinajstić information content (AvgIpc) is 3.28. The molecule has 2 unspecified atom stereocenters. The van der Waals surface area contributed by atoms with Gasteiger partial charge in [-0.2, -0.15) is 0 Å². The molecule has 288 valence electrons. The molecule has 19 heteroatoms. The molecule has 0 aliphatic heterocycles. The number of alkyl halides is 1. The molecule has 0 aromatic heterocycles. The number of hydrogen-bond acceptors (Lipinski definition) is 14. The number of carbonyl (C=O) groups excluding carboxylic acids is 5. The highest BCUT2D eigenvalue weighted by Crippen LogP contribution is 2.71. The highest BCUT2D eigenvalue weighted by molar-refractivity contribution is 5.94. The molecular weight excluding hydrogens is 700 g/mol. The summed E-state index contributed by atoms with van der Waals surface area (Å²) in [6.45, 7) is 2.68. The fourth-order valence-corrected chi connectivity index (χ4v) is 9.04. The van der Waals surface area contributed by atoms with Crippen molar-refractivity contribution in [2.75, 3.05) is 26.4 Å². The number of aliphatic hydroxyl groups is 1. The van der Waals surface area contributed by atoms with Crippen LogP contribution in [0.5, 0.6) is 0 Å². The minimum absolute atomic E-state index is 0.0387. The van der Waals surface area contributed by atoms with Gasteiger partial charge < -0.3 is 29.6 Å². The number of ketones is 2. The molecule has 4 aliphatic rings. The van der Waals surface area contributed by atoms with Crippen LogP contribution in [0, 0.1) is 48.8 Å². The lowest BCUT2D eigenvalue weighted by molar-refractivity contribution is -0.757. The van der Waals surface area contributed by atoms with E-state index in [-0.39, 0.29) is 57.2 Å². The van der Waals surface area contributed by atoms with Crippen LogP contribution in [0.2, 0.25) is 0 Å². The highest BCUT2D eigenvalue weighted by atomic mass is 19.1. The van der Waals surface area contributed by atoms with E-state index in [1.807, 2.05) is 0 Å². The molecule has 17 nitrogen and oxygen atoms in total. The Balaban J connectivity index is 1.56. The summed E-state index contributed by atoms with van der Waals surface area (Å²) in [4.78, 5) is 93.5. The SMILES string of the molecule is C[C@@H]1CC2C3CC(F)=C4CC(=O)C=C[C@]4(C)[C@@]3(F)[C@@H](O)C[C@]2(C)[C@@]1(OC(=O)CCCO[N+](=O)[O-])C(=O)COC(=O)CCNC(=O)CCCO[N+](=O)[O-]. The van der Waals surface area contributed by atoms with Crippen LogP contribution < -0.4 is 5.32 Å². The van der Waals surface area contributed by atoms with Crippen molar-refractivity contribution in [1.29, 1.82) is 0 Å². The molecule has 0 bridgehead atoms. The number of carbonyl (C=O) groups is 5. The molecule has 1 amide bonds. The zero-order valence-corrected chi connectivity index (χ0v) is 29.1. The van der Waals surface area contributed by atoms with E-state index >= 15 is 8.78 Å². The number of allylic oxidation sites excluding steroid dienone is 4. The minimum atomic E-state index is -2.47. The number of nitrogens with one attached hydrogen (secondary N) is 1. The van der Waals surface area contributed by atoms with E-state index in [1.165, 1.54) is 19.1 Å². The third-order valence-corrected chi connectivity index (χ3v) is 11.4. The number of Topliss-reactive ketones (excluding diaryl/α,β-unsaturated/α-hetero) is 1. The molecule has 2 fully saturated rings. The van der Waals surface area contributed by atoms with E-state index in [2.05, 4.69) is 15.0 Å². The highest BCUT2D eigenvalue weighted by Gasteiger charge is 2.77. The topological polar surface area (TPSA) is 241 Å². The van der Waals surface area contributed by atoms with Gasteiger partial charge in [0.05, 0.1) is 25.7 Å². The lowest BCUT2D eigenvalue weighted by atomic mass is 9.45. The molecule has 0 heterocycles. The van der Waals surface area contributed by atoms with Gasteiger partial charge in [0, 0.05) is 54.9 Å². The van der Waals surface area contributed by atoms with Crippen LogP contribution in [0.4, 0.5) is 8.78 Å². The Morgan fingerprint density at radius 3 is 2.29 bits per heavy atom. The number of amides is 1. The Hall–Kier alpha value is -4.55. The Morgan fingerprint density at radius 1 is 1.02 bits per heavy atom. The van der Waals surface area contributed by atoms with Gasteiger partial charge in [-0.05, 0) is 50.2 Å². The zero-order valence-electron chi connectivity index (χ0n) is 29.1. The van der Waals surface area contributed by atoms with Crippen LogP contribution >= 0.6 is 0 Å². The first-order valence-corrected chi connectivity index (χ1v) is 17.0. The van der Waals surface area contributed by atoms with Crippen molar-refractivity contribution in [1.82, 2.24) is 5.32 Å². The number of halogens is 2. The predicted molar refractivity (Wildman–Crippen MR) is 170 cm³/mol. The first-order valence-electron chi connectivity index (χ1n) is 17.0. The van der Waals surface area contributed by atoms with Gasteiger partial charge in [0.2, 0.25) is 11.7 Å². The molecular formula is C33H43F2N3O14. The zero-order chi connectivity index (χ0) is 38.6. The second kappa shape index (κ2) is 15.6. The van der Waals surface area contributed by atoms with Gasteiger partial charge in [0.25, 0.3) is 10.2 Å². The van der Waals surface area contributed by atoms with Crippen LogP contribution in [-0.2, 0) is 43.1 Å². The van der Waals surface area contributed by atoms with Gasteiger partial charge in [0.15, 0.2) is 23.7 Å². The maximum absolute atomic E-state index is 17.7. The van der Waals surface area contributed by atoms with Crippen molar-refractivity contribution in [3.8, 4) is 0 Å².